The summed E-state index contributed by atoms with van der Waals surface area (Å²) in [5.74, 6) is -0.556. The van der Waals surface area contributed by atoms with Crippen LogP contribution in [0.5, 0.6) is 0 Å². The van der Waals surface area contributed by atoms with E-state index in [0.717, 1.165) is 6.07 Å². The Kier molecular flexibility index (Phi) is 2.02. The molecule has 13 heavy (non-hydrogen) atoms. The van der Waals surface area contributed by atoms with Gasteiger partial charge in [0.25, 0.3) is 0 Å². The summed E-state index contributed by atoms with van der Waals surface area (Å²) in [4.78, 5) is 0. The molecule has 70 valence electrons. The van der Waals surface area contributed by atoms with Crippen molar-refractivity contribution in [3.8, 4) is 0 Å². The number of rotatable bonds is 1. The van der Waals surface area contributed by atoms with Gasteiger partial charge in [-0.2, -0.15) is 0 Å². The highest BCUT2D eigenvalue weighted by atomic mass is 35.5. The average Bonchev–Trinajstić information content (AvgIpc) is 2.77. The number of hydrogen-bond acceptors (Lipinski definition) is 1. The van der Waals surface area contributed by atoms with Crippen LogP contribution in [-0.2, 0) is 5.60 Å². The van der Waals surface area contributed by atoms with Gasteiger partial charge in [-0.3, -0.25) is 0 Å². The van der Waals surface area contributed by atoms with Crippen LogP contribution >= 0.6 is 23.2 Å². The number of benzene rings is 1. The molecule has 1 aliphatic rings. The molecule has 0 saturated heterocycles. The lowest BCUT2D eigenvalue weighted by Gasteiger charge is -2.10. The quantitative estimate of drug-likeness (QED) is 0.722. The minimum Gasteiger partial charge on any atom is -0.385 e. The number of hydrogen-bond donors (Lipinski definition) is 1. The third-order valence-corrected chi connectivity index (χ3v) is 2.84. The molecule has 1 fully saturated rings. The highest BCUT2D eigenvalue weighted by Gasteiger charge is 2.43. The molecule has 0 radical (unpaired) electrons. The second kappa shape index (κ2) is 2.84. The van der Waals surface area contributed by atoms with E-state index in [1.165, 1.54) is 6.07 Å². The van der Waals surface area contributed by atoms with Gasteiger partial charge in [0, 0.05) is 10.6 Å². The molecule has 1 aromatic rings. The van der Waals surface area contributed by atoms with Crippen LogP contribution in [0.4, 0.5) is 4.39 Å². The highest BCUT2D eigenvalue weighted by molar-refractivity contribution is 6.33. The van der Waals surface area contributed by atoms with Crippen LogP contribution in [0.2, 0.25) is 10.0 Å². The zero-order chi connectivity index (χ0) is 9.64. The van der Waals surface area contributed by atoms with Crippen molar-refractivity contribution in [1.29, 1.82) is 0 Å². The predicted octanol–water partition coefficient (Wildman–Crippen LogP) is 3.11. The molecule has 0 bridgehead atoms. The summed E-state index contributed by atoms with van der Waals surface area (Å²) < 4.78 is 12.9. The van der Waals surface area contributed by atoms with Crippen molar-refractivity contribution in [3.05, 3.63) is 33.6 Å². The van der Waals surface area contributed by atoms with Gasteiger partial charge in [0.1, 0.15) is 5.82 Å². The van der Waals surface area contributed by atoms with Crippen molar-refractivity contribution < 1.29 is 9.50 Å². The minimum atomic E-state index is -0.867. The number of halogens is 3. The monoisotopic (exact) mass is 220 g/mol. The van der Waals surface area contributed by atoms with E-state index in [-0.39, 0.29) is 10.0 Å². The predicted molar refractivity (Wildman–Crippen MR) is 49.6 cm³/mol. The molecule has 0 aromatic heterocycles. The Bertz CT molecular complexity index is 361. The van der Waals surface area contributed by atoms with E-state index in [2.05, 4.69) is 0 Å². The van der Waals surface area contributed by atoms with Crippen molar-refractivity contribution >= 4 is 23.2 Å². The Morgan fingerprint density at radius 3 is 2.38 bits per heavy atom. The Balaban J connectivity index is 2.52. The molecule has 0 heterocycles. The molecule has 0 aliphatic heterocycles. The standard InChI is InChI=1S/C9H7Cl2FO/c10-6-4-8(12)7(11)3-5(6)9(13)1-2-9/h3-4,13H,1-2H2. The summed E-state index contributed by atoms with van der Waals surface area (Å²) in [5, 5.41) is 9.97. The smallest absolute Gasteiger partial charge is 0.143 e. The van der Waals surface area contributed by atoms with Crippen LogP contribution in [0.3, 0.4) is 0 Å². The normalized spacial score (nSPS) is 18.8. The van der Waals surface area contributed by atoms with E-state index in [1.807, 2.05) is 0 Å². The van der Waals surface area contributed by atoms with E-state index < -0.39 is 11.4 Å². The van der Waals surface area contributed by atoms with Crippen LogP contribution in [0.25, 0.3) is 0 Å². The molecular formula is C9H7Cl2FO. The maximum absolute atomic E-state index is 12.9. The minimum absolute atomic E-state index is 0.000255. The third kappa shape index (κ3) is 1.54. The molecule has 1 nitrogen and oxygen atoms in total. The highest BCUT2D eigenvalue weighted by Crippen LogP contribution is 2.48. The van der Waals surface area contributed by atoms with Crippen LogP contribution in [-0.4, -0.2) is 5.11 Å². The van der Waals surface area contributed by atoms with Gasteiger partial charge in [-0.15, -0.1) is 0 Å². The second-order valence-electron chi connectivity index (χ2n) is 3.28. The van der Waals surface area contributed by atoms with E-state index in [9.17, 15) is 9.50 Å². The number of aliphatic hydroxyl groups is 1. The van der Waals surface area contributed by atoms with Gasteiger partial charge in [-0.05, 0) is 25.0 Å². The fourth-order valence-corrected chi connectivity index (χ4v) is 1.76. The van der Waals surface area contributed by atoms with E-state index in [1.54, 1.807) is 0 Å². The molecule has 1 aromatic carbocycles. The fourth-order valence-electron chi connectivity index (χ4n) is 1.27. The lowest BCUT2D eigenvalue weighted by Crippen LogP contribution is -2.05. The molecule has 0 atom stereocenters. The SMILES string of the molecule is OC1(c2cc(Cl)c(F)cc2Cl)CC1. The van der Waals surface area contributed by atoms with Gasteiger partial charge < -0.3 is 5.11 Å². The second-order valence-corrected chi connectivity index (χ2v) is 4.09. The van der Waals surface area contributed by atoms with Gasteiger partial charge >= 0.3 is 0 Å². The lowest BCUT2D eigenvalue weighted by atomic mass is 10.1. The Labute approximate surface area is 85.1 Å². The third-order valence-electron chi connectivity index (χ3n) is 2.23. The molecule has 0 spiro atoms. The van der Waals surface area contributed by atoms with Gasteiger partial charge in [0.05, 0.1) is 10.6 Å². The van der Waals surface area contributed by atoms with Crippen LogP contribution in [0, 0.1) is 5.82 Å². The topological polar surface area (TPSA) is 20.2 Å². The van der Waals surface area contributed by atoms with Gasteiger partial charge in [0.2, 0.25) is 0 Å². The first-order valence-electron chi connectivity index (χ1n) is 3.90. The summed E-state index contributed by atoms with van der Waals surface area (Å²) >= 11 is 11.3. The van der Waals surface area contributed by atoms with Crippen LogP contribution in [0.1, 0.15) is 18.4 Å². The van der Waals surface area contributed by atoms with Crippen LogP contribution < -0.4 is 0 Å². The zero-order valence-electron chi connectivity index (χ0n) is 6.65. The molecule has 0 amide bonds. The summed E-state index contributed by atoms with van der Waals surface area (Å²) in [7, 11) is 0. The van der Waals surface area contributed by atoms with Gasteiger partial charge in [-0.25, -0.2) is 4.39 Å². The molecule has 1 aliphatic carbocycles. The van der Waals surface area contributed by atoms with Gasteiger partial charge in [0.15, 0.2) is 0 Å². The van der Waals surface area contributed by atoms with Crippen molar-refractivity contribution in [1.82, 2.24) is 0 Å². The summed E-state index contributed by atoms with van der Waals surface area (Å²) in [6, 6.07) is 2.53. The molecule has 0 unspecified atom stereocenters. The molecule has 1 N–H and O–H groups in total. The van der Waals surface area contributed by atoms with E-state index in [0.29, 0.717) is 18.4 Å². The molecule has 1 saturated carbocycles. The van der Waals surface area contributed by atoms with E-state index in [4.69, 9.17) is 23.2 Å². The Hall–Kier alpha value is -0.310. The summed E-state index contributed by atoms with van der Waals surface area (Å²) in [6.07, 6.45) is 1.32. The average molecular weight is 221 g/mol. The first-order valence-corrected chi connectivity index (χ1v) is 4.66. The Morgan fingerprint density at radius 2 is 1.85 bits per heavy atom. The molecular weight excluding hydrogens is 214 g/mol. The first-order chi connectivity index (χ1) is 6.03. The van der Waals surface area contributed by atoms with Crippen molar-refractivity contribution in [2.24, 2.45) is 0 Å². The van der Waals surface area contributed by atoms with Crippen LogP contribution in [0.15, 0.2) is 12.1 Å². The van der Waals surface area contributed by atoms with E-state index >= 15 is 0 Å². The fraction of sp³-hybridized carbons (Fsp3) is 0.333. The first kappa shape index (κ1) is 9.25. The lowest BCUT2D eigenvalue weighted by molar-refractivity contribution is 0.151. The van der Waals surface area contributed by atoms with Crippen molar-refractivity contribution in [2.75, 3.05) is 0 Å². The zero-order valence-corrected chi connectivity index (χ0v) is 8.16. The van der Waals surface area contributed by atoms with Crippen molar-refractivity contribution in [2.45, 2.75) is 18.4 Å². The maximum atomic E-state index is 12.9. The largest absolute Gasteiger partial charge is 0.385 e. The molecule has 4 heteroatoms. The summed E-state index contributed by atoms with van der Waals surface area (Å²) in [6.45, 7) is 0. The maximum Gasteiger partial charge on any atom is 0.143 e. The summed E-state index contributed by atoms with van der Waals surface area (Å²) in [5.41, 5.74) is -0.338. The van der Waals surface area contributed by atoms with Gasteiger partial charge in [-0.1, -0.05) is 23.2 Å². The van der Waals surface area contributed by atoms with Crippen molar-refractivity contribution in [3.63, 3.8) is 0 Å². The Morgan fingerprint density at radius 1 is 1.23 bits per heavy atom. The molecule has 2 rings (SSSR count).